The molecule has 256 valence electrons. The van der Waals surface area contributed by atoms with Crippen LogP contribution < -0.4 is 9.97 Å². The van der Waals surface area contributed by atoms with Crippen molar-refractivity contribution in [2.24, 2.45) is 5.92 Å². The number of aromatic nitrogens is 4. The Bertz CT molecular complexity index is 998. The van der Waals surface area contributed by atoms with Gasteiger partial charge in [0, 0.05) is 13.2 Å². The minimum absolute atomic E-state index is 0. The van der Waals surface area contributed by atoms with Gasteiger partial charge >= 0.3 is 48.9 Å². The Hall–Kier alpha value is -0.0486. The van der Waals surface area contributed by atoms with Gasteiger partial charge in [-0.1, -0.05) is 166 Å². The summed E-state index contributed by atoms with van der Waals surface area (Å²) in [6.45, 7) is 44.5. The zero-order chi connectivity index (χ0) is 34.5. The fourth-order valence-corrected chi connectivity index (χ4v) is 4.57. The summed E-state index contributed by atoms with van der Waals surface area (Å²) in [5.74, 6) is 2.80. The zero-order valence-corrected chi connectivity index (χ0v) is 37.9. The molecule has 1 unspecified atom stereocenters. The molecule has 0 aliphatic carbocycles. The average molecular weight is 750 g/mol. The molecule has 2 aromatic rings. The van der Waals surface area contributed by atoms with Crippen molar-refractivity contribution in [3.63, 3.8) is 0 Å². The Morgan fingerprint density at radius 3 is 1.07 bits per heavy atom. The number of imidazole rings is 2. The monoisotopic (exact) mass is 750 g/mol. The van der Waals surface area contributed by atoms with E-state index in [0.717, 1.165) is 56.5 Å². The molecular formula is C39H72BaN4O. The van der Waals surface area contributed by atoms with Crippen molar-refractivity contribution in [1.82, 2.24) is 19.9 Å². The smallest absolute Gasteiger partial charge is 0.442 e. The summed E-state index contributed by atoms with van der Waals surface area (Å²) in [5, 5.41) is 0. The molecule has 0 saturated carbocycles. The van der Waals surface area contributed by atoms with Crippen molar-refractivity contribution < 1.29 is 4.74 Å². The molecule has 0 spiro atoms. The van der Waals surface area contributed by atoms with Gasteiger partial charge in [0.05, 0.1) is 0 Å². The predicted molar refractivity (Wildman–Crippen MR) is 196 cm³/mol. The van der Waals surface area contributed by atoms with Gasteiger partial charge in [-0.15, -0.1) is 0 Å². The summed E-state index contributed by atoms with van der Waals surface area (Å²) in [7, 11) is 0. The van der Waals surface area contributed by atoms with Gasteiger partial charge in [0.15, 0.2) is 0 Å². The van der Waals surface area contributed by atoms with Gasteiger partial charge in [-0.25, -0.2) is 0 Å². The Labute approximate surface area is 320 Å². The second kappa shape index (κ2) is 17.1. The molecule has 45 heavy (non-hydrogen) atoms. The van der Waals surface area contributed by atoms with Crippen molar-refractivity contribution >= 4 is 48.9 Å². The Morgan fingerprint density at radius 1 is 0.578 bits per heavy atom. The van der Waals surface area contributed by atoms with Gasteiger partial charge in [-0.3, -0.25) is 0 Å². The van der Waals surface area contributed by atoms with E-state index in [4.69, 9.17) is 24.7 Å². The SMILES string of the molecule is CC1CCOC1.CCC(C)(C)c1nc(C(C)(C)C)[n-]c1C(C)(C)CC.CCC(C)(C)c1nc(C(C)(C)C)[n-]c1C(C)(C)CC.[Ba+2]. The molecule has 1 atom stereocenters. The maximum Gasteiger partial charge on any atom is 2.00 e. The summed E-state index contributed by atoms with van der Waals surface area (Å²) in [5.41, 5.74) is 5.21. The van der Waals surface area contributed by atoms with Crippen LogP contribution in [0.5, 0.6) is 0 Å². The van der Waals surface area contributed by atoms with E-state index < -0.39 is 0 Å². The van der Waals surface area contributed by atoms with E-state index >= 15 is 0 Å². The molecule has 1 fully saturated rings. The summed E-state index contributed by atoms with van der Waals surface area (Å²) in [6, 6.07) is 0. The van der Waals surface area contributed by atoms with Gasteiger partial charge in [0.2, 0.25) is 0 Å². The van der Waals surface area contributed by atoms with Crippen LogP contribution in [0.1, 0.15) is 198 Å². The summed E-state index contributed by atoms with van der Waals surface area (Å²) < 4.78 is 5.06. The van der Waals surface area contributed by atoms with E-state index in [2.05, 4.69) is 132 Å². The molecule has 2 aromatic heterocycles. The first-order valence-corrected chi connectivity index (χ1v) is 17.5. The molecule has 1 aliphatic heterocycles. The first kappa shape index (κ1) is 45.0. The van der Waals surface area contributed by atoms with E-state index in [1.807, 2.05) is 0 Å². The van der Waals surface area contributed by atoms with Crippen LogP contribution in [0.2, 0.25) is 0 Å². The second-order valence-electron chi connectivity index (χ2n) is 17.9. The zero-order valence-electron chi connectivity index (χ0n) is 33.4. The van der Waals surface area contributed by atoms with Crippen molar-refractivity contribution in [1.29, 1.82) is 0 Å². The second-order valence-corrected chi connectivity index (χ2v) is 17.9. The van der Waals surface area contributed by atoms with Gasteiger partial charge in [-0.05, 0) is 70.5 Å². The van der Waals surface area contributed by atoms with Crippen LogP contribution in [0.3, 0.4) is 0 Å². The standard InChI is InChI=1S/2C17H31N2.C5H10O.Ba/c2*1-10-16(6,7)12-13(17(8,9)11-2)19-14(18-12)15(3,4)5;1-5-2-3-6-4-5;/h2*10-11H2,1-9H3;5H,2-4H2,1H3;/q2*-1;;+2. The predicted octanol–water partition coefficient (Wildman–Crippen LogP) is 10.1. The first-order valence-electron chi connectivity index (χ1n) is 17.5. The normalized spacial score (nSPS) is 16.4. The van der Waals surface area contributed by atoms with Crippen molar-refractivity contribution in [3.05, 3.63) is 34.4 Å². The van der Waals surface area contributed by atoms with Crippen LogP contribution >= 0.6 is 0 Å². The molecule has 0 amide bonds. The van der Waals surface area contributed by atoms with Crippen LogP contribution in [0.15, 0.2) is 0 Å². The third-order valence-electron chi connectivity index (χ3n) is 9.92. The molecule has 0 N–H and O–H groups in total. The van der Waals surface area contributed by atoms with Gasteiger partial charge in [0.25, 0.3) is 0 Å². The molecule has 0 radical (unpaired) electrons. The molecule has 3 rings (SSSR count). The van der Waals surface area contributed by atoms with Crippen LogP contribution in [-0.4, -0.2) is 72.1 Å². The van der Waals surface area contributed by atoms with Crippen molar-refractivity contribution in [3.8, 4) is 0 Å². The molecule has 0 bridgehead atoms. The number of nitrogens with zero attached hydrogens (tertiary/aromatic N) is 4. The van der Waals surface area contributed by atoms with E-state index in [0.29, 0.717) is 0 Å². The maximum absolute atomic E-state index is 5.06. The topological polar surface area (TPSA) is 63.2 Å². The molecule has 1 aliphatic rings. The molecule has 3 heterocycles. The van der Waals surface area contributed by atoms with Crippen molar-refractivity contribution in [2.45, 2.75) is 196 Å². The Kier molecular flexibility index (Phi) is 17.0. The number of rotatable bonds is 8. The Morgan fingerprint density at radius 2 is 0.889 bits per heavy atom. The minimum atomic E-state index is 0. The quantitative estimate of drug-likeness (QED) is 0.252. The number of hydrogen-bond acceptors (Lipinski definition) is 3. The number of ether oxygens (including phenoxy) is 1. The largest absolute Gasteiger partial charge is 2.00 e. The van der Waals surface area contributed by atoms with Gasteiger partial charge in [0.1, 0.15) is 0 Å². The van der Waals surface area contributed by atoms with Gasteiger partial charge < -0.3 is 24.7 Å². The first-order chi connectivity index (χ1) is 19.8. The maximum atomic E-state index is 5.06. The molecule has 0 aromatic carbocycles. The van der Waals surface area contributed by atoms with Crippen LogP contribution in [0.4, 0.5) is 0 Å². The van der Waals surface area contributed by atoms with Crippen LogP contribution in [0.25, 0.3) is 0 Å². The molecule has 6 heteroatoms. The summed E-state index contributed by atoms with van der Waals surface area (Å²) in [4.78, 5) is 19.7. The average Bonchev–Trinajstić information content (AvgIpc) is 3.69. The third-order valence-corrected chi connectivity index (χ3v) is 9.92. The summed E-state index contributed by atoms with van der Waals surface area (Å²) in [6.07, 6.45) is 5.61. The minimum Gasteiger partial charge on any atom is -0.442 e. The molecular weight excluding hydrogens is 678 g/mol. The van der Waals surface area contributed by atoms with E-state index in [1.54, 1.807) is 0 Å². The third kappa shape index (κ3) is 12.4. The van der Waals surface area contributed by atoms with E-state index in [1.165, 1.54) is 29.2 Å². The van der Waals surface area contributed by atoms with Gasteiger partial charge in [-0.2, -0.15) is 0 Å². The van der Waals surface area contributed by atoms with Crippen LogP contribution in [0, 0.1) is 5.92 Å². The Balaban J connectivity index is 0.000000711. The fraction of sp³-hybridized carbons (Fsp3) is 0.846. The summed E-state index contributed by atoms with van der Waals surface area (Å²) >= 11 is 0. The van der Waals surface area contributed by atoms with Crippen molar-refractivity contribution in [2.75, 3.05) is 13.2 Å². The molecule has 5 nitrogen and oxygen atoms in total. The van der Waals surface area contributed by atoms with E-state index in [-0.39, 0.29) is 81.4 Å². The number of hydrogen-bond donors (Lipinski definition) is 0. The van der Waals surface area contributed by atoms with E-state index in [9.17, 15) is 0 Å². The van der Waals surface area contributed by atoms with Crippen LogP contribution in [-0.2, 0) is 37.2 Å². The molecule has 1 saturated heterocycles. The fourth-order valence-electron chi connectivity index (χ4n) is 4.57.